The molecular formula is C23H28BrClN2O4. The molecule has 0 radical (unpaired) electrons. The van der Waals surface area contributed by atoms with Crippen LogP contribution in [0.5, 0.6) is 11.5 Å². The number of nitrogens with zero attached hydrogens (tertiary/aromatic N) is 1. The van der Waals surface area contributed by atoms with Crippen molar-refractivity contribution in [1.82, 2.24) is 10.2 Å². The maximum Gasteiger partial charge on any atom is 0.261 e. The van der Waals surface area contributed by atoms with Gasteiger partial charge >= 0.3 is 0 Å². The summed E-state index contributed by atoms with van der Waals surface area (Å²) in [4.78, 5) is 27.6. The Labute approximate surface area is 197 Å². The topological polar surface area (TPSA) is 67.9 Å². The van der Waals surface area contributed by atoms with Crippen molar-refractivity contribution in [3.63, 3.8) is 0 Å². The molecule has 2 amide bonds. The number of rotatable bonds is 10. The van der Waals surface area contributed by atoms with Crippen LogP contribution < -0.4 is 14.8 Å². The highest BCUT2D eigenvalue weighted by molar-refractivity contribution is 9.10. The molecule has 0 aliphatic carbocycles. The summed E-state index contributed by atoms with van der Waals surface area (Å²) in [5, 5.41) is 3.46. The van der Waals surface area contributed by atoms with Gasteiger partial charge in [-0.15, -0.1) is 0 Å². The fourth-order valence-electron chi connectivity index (χ4n) is 3.08. The number of carbonyl (C=O) groups is 2. The summed E-state index contributed by atoms with van der Waals surface area (Å²) in [7, 11) is 1.59. The van der Waals surface area contributed by atoms with Crippen LogP contribution in [0, 0.1) is 0 Å². The molecule has 0 aliphatic heterocycles. The number of methoxy groups -OCH3 is 1. The lowest BCUT2D eigenvalue weighted by molar-refractivity contribution is -0.143. The molecule has 1 N–H and O–H groups in total. The van der Waals surface area contributed by atoms with Crippen LogP contribution in [-0.2, 0) is 16.1 Å². The minimum absolute atomic E-state index is 0.0309. The standard InChI is InChI=1S/C23H28BrClN2O4/c1-5-20(23(29)26-15(2)3)27(13-16-7-6-8-18(11-16)30-4)22(28)14-31-21-10-9-17(25)12-19(21)24/h6-12,15,20H,5,13-14H2,1-4H3,(H,26,29)/t20-/m0/s1. The van der Waals surface area contributed by atoms with Crippen molar-refractivity contribution in [3.05, 3.63) is 57.5 Å². The van der Waals surface area contributed by atoms with Gasteiger partial charge in [-0.2, -0.15) is 0 Å². The summed E-state index contributed by atoms with van der Waals surface area (Å²) in [6.07, 6.45) is 0.471. The van der Waals surface area contributed by atoms with Crippen molar-refractivity contribution < 1.29 is 19.1 Å². The van der Waals surface area contributed by atoms with Gasteiger partial charge in [0.15, 0.2) is 6.61 Å². The molecule has 0 bridgehead atoms. The third-order valence-electron chi connectivity index (χ3n) is 4.55. The highest BCUT2D eigenvalue weighted by atomic mass is 79.9. The molecule has 6 nitrogen and oxygen atoms in total. The summed E-state index contributed by atoms with van der Waals surface area (Å²) in [5.41, 5.74) is 0.858. The number of benzene rings is 2. The Morgan fingerprint density at radius 3 is 2.55 bits per heavy atom. The monoisotopic (exact) mass is 510 g/mol. The molecule has 2 aromatic rings. The van der Waals surface area contributed by atoms with E-state index in [-0.39, 0.29) is 31.0 Å². The molecule has 0 heterocycles. The van der Waals surface area contributed by atoms with Crippen molar-refractivity contribution in [2.75, 3.05) is 13.7 Å². The quantitative estimate of drug-likeness (QED) is 0.496. The number of ether oxygens (including phenoxy) is 2. The molecule has 2 rings (SSSR count). The van der Waals surface area contributed by atoms with Gasteiger partial charge in [-0.25, -0.2) is 0 Å². The number of halogens is 2. The van der Waals surface area contributed by atoms with E-state index in [2.05, 4.69) is 21.2 Å². The molecule has 0 unspecified atom stereocenters. The van der Waals surface area contributed by atoms with Crippen LogP contribution in [0.3, 0.4) is 0 Å². The predicted molar refractivity (Wildman–Crippen MR) is 126 cm³/mol. The van der Waals surface area contributed by atoms with Gasteiger partial charge < -0.3 is 19.7 Å². The molecule has 0 spiro atoms. The average molecular weight is 512 g/mol. The molecule has 2 aromatic carbocycles. The Bertz CT molecular complexity index is 907. The lowest BCUT2D eigenvalue weighted by Gasteiger charge is -2.31. The van der Waals surface area contributed by atoms with Crippen molar-refractivity contribution in [2.45, 2.75) is 45.8 Å². The first-order valence-corrected chi connectivity index (χ1v) is 11.2. The maximum atomic E-state index is 13.2. The van der Waals surface area contributed by atoms with E-state index in [1.165, 1.54) is 0 Å². The Morgan fingerprint density at radius 1 is 1.19 bits per heavy atom. The van der Waals surface area contributed by atoms with E-state index < -0.39 is 6.04 Å². The number of carbonyl (C=O) groups excluding carboxylic acids is 2. The van der Waals surface area contributed by atoms with Gasteiger partial charge in [0.1, 0.15) is 17.5 Å². The van der Waals surface area contributed by atoms with E-state index in [9.17, 15) is 9.59 Å². The van der Waals surface area contributed by atoms with Crippen LogP contribution >= 0.6 is 27.5 Å². The van der Waals surface area contributed by atoms with Crippen molar-refractivity contribution >= 4 is 39.3 Å². The lowest BCUT2D eigenvalue weighted by atomic mass is 10.1. The van der Waals surface area contributed by atoms with E-state index in [1.807, 2.05) is 45.0 Å². The Kier molecular flexibility index (Phi) is 9.65. The summed E-state index contributed by atoms with van der Waals surface area (Å²) < 4.78 is 11.7. The van der Waals surface area contributed by atoms with E-state index in [1.54, 1.807) is 30.2 Å². The van der Waals surface area contributed by atoms with Gasteiger partial charge in [0.2, 0.25) is 5.91 Å². The summed E-state index contributed by atoms with van der Waals surface area (Å²) >= 11 is 9.35. The van der Waals surface area contributed by atoms with Crippen molar-refractivity contribution in [2.24, 2.45) is 0 Å². The van der Waals surface area contributed by atoms with Crippen LogP contribution in [0.25, 0.3) is 0 Å². The zero-order chi connectivity index (χ0) is 23.0. The van der Waals surface area contributed by atoms with Crippen LogP contribution in [0.15, 0.2) is 46.9 Å². The zero-order valence-electron chi connectivity index (χ0n) is 18.2. The van der Waals surface area contributed by atoms with E-state index in [0.29, 0.717) is 27.4 Å². The second kappa shape index (κ2) is 12.0. The van der Waals surface area contributed by atoms with E-state index >= 15 is 0 Å². The number of nitrogens with one attached hydrogen (secondary N) is 1. The van der Waals surface area contributed by atoms with Crippen molar-refractivity contribution in [1.29, 1.82) is 0 Å². The summed E-state index contributed by atoms with van der Waals surface area (Å²) in [6, 6.07) is 11.8. The van der Waals surface area contributed by atoms with Gasteiger partial charge in [0, 0.05) is 17.6 Å². The Balaban J connectivity index is 2.25. The van der Waals surface area contributed by atoms with Crippen LogP contribution in [0.1, 0.15) is 32.8 Å². The number of hydrogen-bond acceptors (Lipinski definition) is 4. The van der Waals surface area contributed by atoms with Gasteiger partial charge in [-0.3, -0.25) is 9.59 Å². The SMILES string of the molecule is CC[C@@H](C(=O)NC(C)C)N(Cc1cccc(OC)c1)C(=O)COc1ccc(Cl)cc1Br. The third-order valence-corrected chi connectivity index (χ3v) is 5.40. The summed E-state index contributed by atoms with van der Waals surface area (Å²) in [5.74, 6) is 0.696. The molecule has 0 saturated carbocycles. The molecule has 31 heavy (non-hydrogen) atoms. The normalized spacial score (nSPS) is 11.7. The first-order chi connectivity index (χ1) is 14.7. The molecular weight excluding hydrogens is 484 g/mol. The van der Waals surface area contributed by atoms with E-state index in [4.69, 9.17) is 21.1 Å². The fraction of sp³-hybridized carbons (Fsp3) is 0.391. The molecule has 0 aromatic heterocycles. The lowest BCUT2D eigenvalue weighted by Crippen LogP contribution is -2.51. The Hall–Kier alpha value is -2.25. The minimum Gasteiger partial charge on any atom is -0.497 e. The minimum atomic E-state index is -0.627. The van der Waals surface area contributed by atoms with Gasteiger partial charge in [0.05, 0.1) is 11.6 Å². The first-order valence-electron chi connectivity index (χ1n) is 10.1. The summed E-state index contributed by atoms with van der Waals surface area (Å²) in [6.45, 7) is 5.70. The molecule has 8 heteroatoms. The van der Waals surface area contributed by atoms with Gasteiger partial charge in [0.25, 0.3) is 5.91 Å². The number of amides is 2. The van der Waals surface area contributed by atoms with E-state index in [0.717, 1.165) is 5.56 Å². The molecule has 1 atom stereocenters. The van der Waals surface area contributed by atoms with Gasteiger partial charge in [-0.1, -0.05) is 30.7 Å². The third kappa shape index (κ3) is 7.43. The molecule has 0 fully saturated rings. The smallest absolute Gasteiger partial charge is 0.261 e. The average Bonchev–Trinajstić information content (AvgIpc) is 2.72. The van der Waals surface area contributed by atoms with Crippen LogP contribution in [0.2, 0.25) is 5.02 Å². The number of hydrogen-bond donors (Lipinski definition) is 1. The highest BCUT2D eigenvalue weighted by Crippen LogP contribution is 2.28. The maximum absolute atomic E-state index is 13.2. The molecule has 168 valence electrons. The second-order valence-corrected chi connectivity index (χ2v) is 8.61. The highest BCUT2D eigenvalue weighted by Gasteiger charge is 2.29. The van der Waals surface area contributed by atoms with Gasteiger partial charge in [-0.05, 0) is 72.1 Å². The second-order valence-electron chi connectivity index (χ2n) is 7.32. The Morgan fingerprint density at radius 2 is 1.94 bits per heavy atom. The molecule has 0 aliphatic rings. The fourth-order valence-corrected chi connectivity index (χ4v) is 3.88. The largest absolute Gasteiger partial charge is 0.497 e. The van der Waals surface area contributed by atoms with Crippen LogP contribution in [0.4, 0.5) is 0 Å². The first kappa shape index (κ1) is 25.0. The predicted octanol–water partition coefficient (Wildman–Crippen LogP) is 4.82. The zero-order valence-corrected chi connectivity index (χ0v) is 20.5. The molecule has 0 saturated heterocycles. The van der Waals surface area contributed by atoms with Crippen molar-refractivity contribution in [3.8, 4) is 11.5 Å². The van der Waals surface area contributed by atoms with Crippen LogP contribution in [-0.4, -0.2) is 42.5 Å².